The van der Waals surface area contributed by atoms with E-state index in [1.807, 2.05) is 17.7 Å². The SMILES string of the molecule is CCC[C@H](c1nnnn1C(C)(C)C)N(Cc1cc2ccc(C)cc2[nH]c1=O)C1CCCC1. The molecule has 2 aromatic heterocycles. The maximum absolute atomic E-state index is 13.1. The maximum Gasteiger partial charge on any atom is 0.252 e. The van der Waals surface area contributed by atoms with Crippen molar-refractivity contribution >= 4 is 10.9 Å². The fourth-order valence-corrected chi connectivity index (χ4v) is 5.00. The molecule has 2 heterocycles. The number of pyridine rings is 1. The highest BCUT2D eigenvalue weighted by atomic mass is 16.1. The molecule has 0 spiro atoms. The van der Waals surface area contributed by atoms with Crippen molar-refractivity contribution in [3.8, 4) is 0 Å². The second-order valence-electron chi connectivity index (χ2n) is 10.2. The summed E-state index contributed by atoms with van der Waals surface area (Å²) in [4.78, 5) is 18.7. The third kappa shape index (κ3) is 4.63. The minimum absolute atomic E-state index is 0.00300. The zero-order chi connectivity index (χ0) is 22.9. The van der Waals surface area contributed by atoms with Crippen molar-refractivity contribution in [2.75, 3.05) is 0 Å². The van der Waals surface area contributed by atoms with E-state index < -0.39 is 0 Å². The van der Waals surface area contributed by atoms with Crippen LogP contribution < -0.4 is 5.56 Å². The van der Waals surface area contributed by atoms with E-state index in [9.17, 15) is 4.79 Å². The van der Waals surface area contributed by atoms with E-state index in [1.165, 1.54) is 12.8 Å². The van der Waals surface area contributed by atoms with Gasteiger partial charge in [0.15, 0.2) is 5.82 Å². The Morgan fingerprint density at radius 1 is 1.22 bits per heavy atom. The molecule has 0 unspecified atom stereocenters. The van der Waals surface area contributed by atoms with Crippen LogP contribution in [-0.2, 0) is 12.1 Å². The van der Waals surface area contributed by atoms with E-state index in [4.69, 9.17) is 0 Å². The van der Waals surface area contributed by atoms with Gasteiger partial charge >= 0.3 is 0 Å². The van der Waals surface area contributed by atoms with Crippen molar-refractivity contribution < 1.29 is 0 Å². The van der Waals surface area contributed by atoms with Gasteiger partial charge in [0.2, 0.25) is 0 Å². The van der Waals surface area contributed by atoms with E-state index >= 15 is 0 Å². The van der Waals surface area contributed by atoms with E-state index in [2.05, 4.69) is 71.3 Å². The number of aromatic nitrogens is 5. The summed E-state index contributed by atoms with van der Waals surface area (Å²) in [7, 11) is 0. The number of tetrazole rings is 1. The predicted molar refractivity (Wildman–Crippen MR) is 128 cm³/mol. The average Bonchev–Trinajstić information content (AvgIpc) is 3.42. The van der Waals surface area contributed by atoms with Crippen LogP contribution in [0.2, 0.25) is 0 Å². The third-order valence-electron chi connectivity index (χ3n) is 6.61. The zero-order valence-corrected chi connectivity index (χ0v) is 20.1. The Labute approximate surface area is 190 Å². The number of fused-ring (bicyclic) bond motifs is 1. The number of aromatic amines is 1. The van der Waals surface area contributed by atoms with Crippen LogP contribution in [0, 0.1) is 6.92 Å². The lowest BCUT2D eigenvalue weighted by atomic mass is 10.0. The molecule has 1 N–H and O–H groups in total. The van der Waals surface area contributed by atoms with Crippen LogP contribution >= 0.6 is 0 Å². The minimum atomic E-state index is -0.204. The molecule has 0 bridgehead atoms. The van der Waals surface area contributed by atoms with Gasteiger partial charge in [-0.05, 0) is 80.5 Å². The normalized spacial score (nSPS) is 16.3. The second kappa shape index (κ2) is 9.14. The molecule has 32 heavy (non-hydrogen) atoms. The molecular weight excluding hydrogens is 400 g/mol. The van der Waals surface area contributed by atoms with E-state index in [0.29, 0.717) is 12.6 Å². The summed E-state index contributed by atoms with van der Waals surface area (Å²) < 4.78 is 1.96. The van der Waals surface area contributed by atoms with Gasteiger partial charge in [0, 0.05) is 23.7 Å². The van der Waals surface area contributed by atoms with Crippen LogP contribution in [0.3, 0.4) is 0 Å². The van der Waals surface area contributed by atoms with Gasteiger partial charge in [-0.1, -0.05) is 38.3 Å². The molecule has 0 radical (unpaired) electrons. The third-order valence-corrected chi connectivity index (χ3v) is 6.61. The van der Waals surface area contributed by atoms with Crippen molar-refractivity contribution in [2.45, 2.75) is 97.3 Å². The van der Waals surface area contributed by atoms with Crippen LogP contribution in [0.5, 0.6) is 0 Å². The first-order valence-corrected chi connectivity index (χ1v) is 11.9. The number of benzene rings is 1. The summed E-state index contributed by atoms with van der Waals surface area (Å²) in [5.74, 6) is 0.902. The first-order chi connectivity index (χ1) is 15.3. The largest absolute Gasteiger partial charge is 0.322 e. The molecular formula is C25H36N6O. The standard InChI is InChI=1S/C25H36N6O/c1-6-9-22(23-27-28-29-31(23)25(3,4)5)30(20-10-7-8-11-20)16-19-15-18-13-12-17(2)14-21(18)26-24(19)32/h12-15,20,22H,6-11,16H2,1-5H3,(H,26,32)/t22-/m1/s1. The van der Waals surface area contributed by atoms with Gasteiger partial charge in [0.1, 0.15) is 0 Å². The van der Waals surface area contributed by atoms with Crippen molar-refractivity contribution in [1.29, 1.82) is 0 Å². The molecule has 1 atom stereocenters. The molecule has 0 amide bonds. The fraction of sp³-hybridized carbons (Fsp3) is 0.600. The maximum atomic E-state index is 13.1. The van der Waals surface area contributed by atoms with E-state index in [1.54, 1.807) is 0 Å². The molecule has 172 valence electrons. The molecule has 0 aliphatic heterocycles. The predicted octanol–water partition coefficient (Wildman–Crippen LogP) is 4.86. The van der Waals surface area contributed by atoms with Gasteiger partial charge in [0.25, 0.3) is 5.56 Å². The van der Waals surface area contributed by atoms with Crippen LogP contribution in [0.15, 0.2) is 29.1 Å². The Balaban J connectivity index is 1.76. The second-order valence-corrected chi connectivity index (χ2v) is 10.2. The van der Waals surface area contributed by atoms with Gasteiger partial charge in [-0.3, -0.25) is 9.69 Å². The highest BCUT2D eigenvalue weighted by Crippen LogP contribution is 2.35. The lowest BCUT2D eigenvalue weighted by molar-refractivity contribution is 0.104. The summed E-state index contributed by atoms with van der Waals surface area (Å²) in [6.45, 7) is 11.2. The summed E-state index contributed by atoms with van der Waals surface area (Å²) >= 11 is 0. The lowest BCUT2D eigenvalue weighted by Gasteiger charge is -2.36. The van der Waals surface area contributed by atoms with E-state index in [0.717, 1.165) is 53.5 Å². The minimum Gasteiger partial charge on any atom is -0.322 e. The highest BCUT2D eigenvalue weighted by molar-refractivity contribution is 5.79. The van der Waals surface area contributed by atoms with Crippen molar-refractivity contribution in [2.24, 2.45) is 0 Å². The Kier molecular flexibility index (Phi) is 6.47. The van der Waals surface area contributed by atoms with Crippen molar-refractivity contribution in [3.05, 3.63) is 51.6 Å². The van der Waals surface area contributed by atoms with Crippen molar-refractivity contribution in [1.82, 2.24) is 30.1 Å². The van der Waals surface area contributed by atoms with Crippen LogP contribution in [0.4, 0.5) is 0 Å². The first kappa shape index (κ1) is 22.6. The van der Waals surface area contributed by atoms with E-state index in [-0.39, 0.29) is 17.1 Å². The molecule has 1 saturated carbocycles. The first-order valence-electron chi connectivity index (χ1n) is 11.9. The Morgan fingerprint density at radius 3 is 2.66 bits per heavy atom. The van der Waals surface area contributed by atoms with Crippen molar-refractivity contribution in [3.63, 3.8) is 0 Å². The molecule has 7 heteroatoms. The van der Waals surface area contributed by atoms with Gasteiger partial charge in [-0.2, -0.15) is 0 Å². The molecule has 1 aromatic carbocycles. The molecule has 1 aliphatic rings. The zero-order valence-electron chi connectivity index (χ0n) is 20.1. The van der Waals surface area contributed by atoms with Gasteiger partial charge < -0.3 is 4.98 Å². The van der Waals surface area contributed by atoms with Gasteiger partial charge in [-0.25, -0.2) is 4.68 Å². The smallest absolute Gasteiger partial charge is 0.252 e. The monoisotopic (exact) mass is 436 g/mol. The number of rotatable bonds is 7. The summed E-state index contributed by atoms with van der Waals surface area (Å²) in [5, 5.41) is 13.9. The number of nitrogens with zero attached hydrogens (tertiary/aromatic N) is 5. The van der Waals surface area contributed by atoms with Gasteiger partial charge in [-0.15, -0.1) is 5.10 Å². The number of hydrogen-bond acceptors (Lipinski definition) is 5. The number of hydrogen-bond donors (Lipinski definition) is 1. The topological polar surface area (TPSA) is 79.7 Å². The molecule has 7 nitrogen and oxygen atoms in total. The quantitative estimate of drug-likeness (QED) is 0.572. The summed E-state index contributed by atoms with van der Waals surface area (Å²) in [6.07, 6.45) is 6.76. The van der Waals surface area contributed by atoms with Gasteiger partial charge in [0.05, 0.1) is 11.6 Å². The molecule has 0 saturated heterocycles. The average molecular weight is 437 g/mol. The summed E-state index contributed by atoms with van der Waals surface area (Å²) in [5.41, 5.74) is 2.64. The molecule has 3 aromatic rings. The molecule has 4 rings (SSSR count). The summed E-state index contributed by atoms with van der Waals surface area (Å²) in [6, 6.07) is 8.79. The van der Waals surface area contributed by atoms with Crippen LogP contribution in [0.25, 0.3) is 10.9 Å². The van der Waals surface area contributed by atoms with Crippen LogP contribution in [-0.4, -0.2) is 36.1 Å². The number of nitrogens with one attached hydrogen (secondary N) is 1. The number of H-pyrrole nitrogens is 1. The molecule has 1 fully saturated rings. The number of aryl methyl sites for hydroxylation is 1. The fourth-order valence-electron chi connectivity index (χ4n) is 5.00. The Hall–Kier alpha value is -2.54. The Morgan fingerprint density at radius 2 is 1.97 bits per heavy atom. The molecule has 1 aliphatic carbocycles. The lowest BCUT2D eigenvalue weighted by Crippen LogP contribution is -2.40. The highest BCUT2D eigenvalue weighted by Gasteiger charge is 2.34. The van der Waals surface area contributed by atoms with Crippen LogP contribution in [0.1, 0.15) is 89.2 Å². The Bertz CT molecular complexity index is 1120.